The van der Waals surface area contributed by atoms with Crippen LogP contribution in [0.5, 0.6) is 0 Å². The number of nitrogens with zero attached hydrogens (tertiary/aromatic N) is 1. The van der Waals surface area contributed by atoms with Crippen molar-refractivity contribution in [3.63, 3.8) is 0 Å². The van der Waals surface area contributed by atoms with Gasteiger partial charge in [0, 0.05) is 19.0 Å². The summed E-state index contributed by atoms with van der Waals surface area (Å²) in [6, 6.07) is 0.348. The normalized spacial score (nSPS) is 25.6. The molecule has 0 bridgehead atoms. The summed E-state index contributed by atoms with van der Waals surface area (Å²) in [6.45, 7) is 4.85. The van der Waals surface area contributed by atoms with E-state index in [1.165, 1.54) is 11.8 Å². The molecule has 1 saturated carbocycles. The molecule has 0 aromatic heterocycles. The maximum atomic E-state index is 11.7. The average molecular weight is 269 g/mol. The highest BCUT2D eigenvalue weighted by Gasteiger charge is 2.33. The first-order chi connectivity index (χ1) is 8.54. The Kier molecular flexibility index (Phi) is 4.27. The number of carbonyl (C=O) groups excluding carboxylic acids is 2. The van der Waals surface area contributed by atoms with Crippen molar-refractivity contribution < 1.29 is 9.59 Å². The molecule has 100 valence electrons. The fourth-order valence-electron chi connectivity index (χ4n) is 1.56. The van der Waals surface area contributed by atoms with Gasteiger partial charge in [-0.2, -0.15) is 0 Å². The van der Waals surface area contributed by atoms with Crippen LogP contribution in [-0.4, -0.2) is 34.8 Å². The molecule has 2 fully saturated rings. The first-order valence-corrected chi connectivity index (χ1v) is 7.24. The maximum absolute atomic E-state index is 11.7. The zero-order chi connectivity index (χ0) is 13.1. The fraction of sp³-hybridized carbons (Fsp3) is 0.750. The van der Waals surface area contributed by atoms with Crippen LogP contribution < -0.4 is 10.6 Å². The van der Waals surface area contributed by atoms with E-state index in [1.54, 1.807) is 0 Å². The van der Waals surface area contributed by atoms with Crippen molar-refractivity contribution in [3.8, 4) is 0 Å². The molecule has 1 aliphatic heterocycles. The minimum Gasteiger partial charge on any atom is -0.353 e. The van der Waals surface area contributed by atoms with Crippen molar-refractivity contribution in [2.75, 3.05) is 6.54 Å². The summed E-state index contributed by atoms with van der Waals surface area (Å²) in [5, 5.41) is 5.95. The molecule has 2 aliphatic rings. The van der Waals surface area contributed by atoms with Crippen LogP contribution in [0, 0.1) is 5.92 Å². The lowest BCUT2D eigenvalue weighted by molar-refractivity contribution is -0.125. The van der Waals surface area contributed by atoms with Crippen LogP contribution >= 0.6 is 11.8 Å². The molecule has 1 saturated heterocycles. The molecular weight excluding hydrogens is 250 g/mol. The smallest absolute Gasteiger partial charge is 0.240 e. The van der Waals surface area contributed by atoms with Gasteiger partial charge in [0.05, 0.1) is 0 Å². The summed E-state index contributed by atoms with van der Waals surface area (Å²) >= 11 is 1.37. The SMILES string of the molecule is CC(C)CN=C1NC(=O)[C@@H](CC(=O)NC2CC2)S1. The quantitative estimate of drug-likeness (QED) is 0.779. The Hall–Kier alpha value is -1.04. The highest BCUT2D eigenvalue weighted by molar-refractivity contribution is 8.15. The van der Waals surface area contributed by atoms with Gasteiger partial charge < -0.3 is 10.6 Å². The molecule has 0 spiro atoms. The van der Waals surface area contributed by atoms with E-state index in [2.05, 4.69) is 29.5 Å². The van der Waals surface area contributed by atoms with E-state index >= 15 is 0 Å². The van der Waals surface area contributed by atoms with Crippen LogP contribution in [0.2, 0.25) is 0 Å². The van der Waals surface area contributed by atoms with Crippen LogP contribution in [-0.2, 0) is 9.59 Å². The predicted molar refractivity (Wildman–Crippen MR) is 72.4 cm³/mol. The summed E-state index contributed by atoms with van der Waals surface area (Å²) in [4.78, 5) is 27.6. The monoisotopic (exact) mass is 269 g/mol. The molecule has 2 amide bonds. The van der Waals surface area contributed by atoms with Gasteiger partial charge in [0.15, 0.2) is 5.17 Å². The zero-order valence-corrected chi connectivity index (χ0v) is 11.5. The van der Waals surface area contributed by atoms with Crippen molar-refractivity contribution in [2.24, 2.45) is 10.9 Å². The van der Waals surface area contributed by atoms with Crippen LogP contribution in [0.25, 0.3) is 0 Å². The van der Waals surface area contributed by atoms with Gasteiger partial charge in [-0.1, -0.05) is 25.6 Å². The van der Waals surface area contributed by atoms with E-state index in [-0.39, 0.29) is 23.5 Å². The molecule has 6 heteroatoms. The number of thioether (sulfide) groups is 1. The van der Waals surface area contributed by atoms with E-state index in [1.807, 2.05) is 0 Å². The summed E-state index contributed by atoms with van der Waals surface area (Å²) in [7, 11) is 0. The van der Waals surface area contributed by atoms with E-state index < -0.39 is 0 Å². The van der Waals surface area contributed by atoms with Crippen LogP contribution in [0.3, 0.4) is 0 Å². The number of carbonyl (C=O) groups is 2. The topological polar surface area (TPSA) is 70.6 Å². The van der Waals surface area contributed by atoms with Gasteiger partial charge in [-0.15, -0.1) is 0 Å². The molecule has 0 aromatic rings. The third kappa shape index (κ3) is 4.01. The molecule has 2 N–H and O–H groups in total. The number of aliphatic imine (C=N–C) groups is 1. The van der Waals surface area contributed by atoms with Crippen LogP contribution in [0.1, 0.15) is 33.1 Å². The number of amidine groups is 1. The number of amides is 2. The summed E-state index contributed by atoms with van der Waals surface area (Å²) in [6.07, 6.45) is 2.38. The van der Waals surface area contributed by atoms with E-state index in [4.69, 9.17) is 0 Å². The van der Waals surface area contributed by atoms with Gasteiger partial charge in [0.25, 0.3) is 0 Å². The second-order valence-corrected chi connectivity index (χ2v) is 6.37. The molecule has 2 rings (SSSR count). The largest absolute Gasteiger partial charge is 0.353 e. The predicted octanol–water partition coefficient (Wildman–Crippen LogP) is 0.899. The van der Waals surface area contributed by atoms with Crippen molar-refractivity contribution in [1.29, 1.82) is 0 Å². The van der Waals surface area contributed by atoms with Crippen molar-refractivity contribution in [2.45, 2.75) is 44.4 Å². The summed E-state index contributed by atoms with van der Waals surface area (Å²) in [5.41, 5.74) is 0. The molecule has 0 aromatic carbocycles. The summed E-state index contributed by atoms with van der Waals surface area (Å²) < 4.78 is 0. The Morgan fingerprint density at radius 1 is 1.56 bits per heavy atom. The van der Waals surface area contributed by atoms with Crippen LogP contribution in [0.4, 0.5) is 0 Å². The molecule has 1 atom stereocenters. The van der Waals surface area contributed by atoms with E-state index in [0.717, 1.165) is 12.8 Å². The third-order valence-electron chi connectivity index (χ3n) is 2.69. The van der Waals surface area contributed by atoms with Gasteiger partial charge in [-0.3, -0.25) is 14.6 Å². The second kappa shape index (κ2) is 5.73. The minimum atomic E-state index is -0.324. The number of nitrogens with one attached hydrogen (secondary N) is 2. The third-order valence-corrected chi connectivity index (χ3v) is 3.81. The first-order valence-electron chi connectivity index (χ1n) is 6.36. The fourth-order valence-corrected chi connectivity index (χ4v) is 2.54. The molecular formula is C12H19N3O2S. The van der Waals surface area contributed by atoms with Gasteiger partial charge in [-0.25, -0.2) is 0 Å². The van der Waals surface area contributed by atoms with Gasteiger partial charge in [-0.05, 0) is 18.8 Å². The lowest BCUT2D eigenvalue weighted by Gasteiger charge is -2.05. The van der Waals surface area contributed by atoms with Gasteiger partial charge >= 0.3 is 0 Å². The maximum Gasteiger partial charge on any atom is 0.240 e. The molecule has 0 radical (unpaired) electrons. The van der Waals surface area contributed by atoms with Gasteiger partial charge in [0.2, 0.25) is 11.8 Å². The van der Waals surface area contributed by atoms with E-state index in [0.29, 0.717) is 23.7 Å². The van der Waals surface area contributed by atoms with Crippen molar-refractivity contribution in [3.05, 3.63) is 0 Å². The first kappa shape index (κ1) is 13.4. The number of rotatable bonds is 5. The Bertz CT molecular complexity index is 378. The zero-order valence-electron chi connectivity index (χ0n) is 10.7. The number of hydrogen-bond acceptors (Lipinski definition) is 4. The highest BCUT2D eigenvalue weighted by atomic mass is 32.2. The highest BCUT2D eigenvalue weighted by Crippen LogP contribution is 2.24. The molecule has 1 aliphatic carbocycles. The lowest BCUT2D eigenvalue weighted by atomic mass is 10.2. The second-order valence-electron chi connectivity index (χ2n) is 5.18. The standard InChI is InChI=1S/C12H19N3O2S/c1-7(2)6-13-12-15-11(17)9(18-12)5-10(16)14-8-3-4-8/h7-9H,3-6H2,1-2H3,(H,14,16)(H,13,15,17)/t9-/m1/s1. The molecule has 1 heterocycles. The Balaban J connectivity index is 1.80. The lowest BCUT2D eigenvalue weighted by Crippen LogP contribution is -2.32. The van der Waals surface area contributed by atoms with E-state index in [9.17, 15) is 9.59 Å². The summed E-state index contributed by atoms with van der Waals surface area (Å²) in [5.74, 6) is 0.330. The molecule has 0 unspecified atom stereocenters. The Labute approximate surface area is 111 Å². The Morgan fingerprint density at radius 3 is 2.89 bits per heavy atom. The molecule has 5 nitrogen and oxygen atoms in total. The van der Waals surface area contributed by atoms with Crippen molar-refractivity contribution in [1.82, 2.24) is 10.6 Å². The number of hydrogen-bond donors (Lipinski definition) is 2. The average Bonchev–Trinajstić information content (AvgIpc) is 3.01. The molecule has 18 heavy (non-hydrogen) atoms. The Morgan fingerprint density at radius 2 is 2.28 bits per heavy atom. The van der Waals surface area contributed by atoms with Gasteiger partial charge in [0.1, 0.15) is 5.25 Å². The van der Waals surface area contributed by atoms with Crippen LogP contribution in [0.15, 0.2) is 4.99 Å². The van der Waals surface area contributed by atoms with Crippen molar-refractivity contribution >= 4 is 28.7 Å². The minimum absolute atomic E-state index is 0.0322.